The molecule has 1 N–H and O–H groups in total. The third-order valence-corrected chi connectivity index (χ3v) is 3.26. The lowest BCUT2D eigenvalue weighted by atomic mass is 10.1. The number of methoxy groups -OCH3 is 1. The fourth-order valence-corrected chi connectivity index (χ4v) is 2.13. The lowest BCUT2D eigenvalue weighted by Gasteiger charge is -2.17. The molecule has 1 atom stereocenters. The highest BCUT2D eigenvalue weighted by molar-refractivity contribution is 5.92. The largest absolute Gasteiger partial charge is 0.493 e. The van der Waals surface area contributed by atoms with Crippen molar-refractivity contribution < 1.29 is 18.8 Å². The summed E-state index contributed by atoms with van der Waals surface area (Å²) in [5.41, 5.74) is 1.17. The van der Waals surface area contributed by atoms with E-state index in [0.717, 1.165) is 5.56 Å². The van der Waals surface area contributed by atoms with E-state index in [2.05, 4.69) is 10.5 Å². The zero-order valence-corrected chi connectivity index (χ0v) is 14.0. The molecule has 1 aromatic carbocycles. The Morgan fingerprint density at radius 1 is 1.22 bits per heavy atom. The van der Waals surface area contributed by atoms with E-state index in [1.807, 2.05) is 39.0 Å². The summed E-state index contributed by atoms with van der Waals surface area (Å²) in [6, 6.07) is 7.00. The van der Waals surface area contributed by atoms with Crippen LogP contribution in [-0.2, 0) is 0 Å². The van der Waals surface area contributed by atoms with Crippen molar-refractivity contribution in [1.29, 1.82) is 0 Å². The molecule has 0 aliphatic rings. The first kappa shape index (κ1) is 16.9. The third kappa shape index (κ3) is 4.25. The van der Waals surface area contributed by atoms with Gasteiger partial charge in [0.15, 0.2) is 17.2 Å². The highest BCUT2D eigenvalue weighted by Crippen LogP contribution is 2.31. The Balaban J connectivity index is 2.12. The van der Waals surface area contributed by atoms with Gasteiger partial charge in [-0.2, -0.15) is 0 Å². The summed E-state index contributed by atoms with van der Waals surface area (Å²) in [4.78, 5) is 12.1. The van der Waals surface area contributed by atoms with E-state index in [1.54, 1.807) is 20.1 Å². The molecule has 1 unspecified atom stereocenters. The number of aromatic nitrogens is 1. The molecular weight excluding hydrogens is 296 g/mol. The number of carbonyl (C=O) groups excluding carboxylic acids is 1. The fourth-order valence-electron chi connectivity index (χ4n) is 2.13. The zero-order chi connectivity index (χ0) is 17.0. The number of rotatable bonds is 6. The van der Waals surface area contributed by atoms with Crippen LogP contribution in [0.15, 0.2) is 28.8 Å². The van der Waals surface area contributed by atoms with E-state index in [4.69, 9.17) is 14.0 Å². The van der Waals surface area contributed by atoms with Gasteiger partial charge in [-0.1, -0.05) is 11.2 Å². The number of ether oxygens (including phenoxy) is 2. The molecule has 1 aromatic heterocycles. The van der Waals surface area contributed by atoms with E-state index in [9.17, 15) is 4.79 Å². The number of hydrogen-bond acceptors (Lipinski definition) is 5. The zero-order valence-electron chi connectivity index (χ0n) is 14.0. The molecule has 0 radical (unpaired) electrons. The molecule has 0 fully saturated rings. The summed E-state index contributed by atoms with van der Waals surface area (Å²) < 4.78 is 16.0. The van der Waals surface area contributed by atoms with Gasteiger partial charge in [0.25, 0.3) is 5.91 Å². The summed E-state index contributed by atoms with van der Waals surface area (Å²) in [5, 5.41) is 6.59. The van der Waals surface area contributed by atoms with Gasteiger partial charge in [-0.15, -0.1) is 0 Å². The minimum Gasteiger partial charge on any atom is -0.493 e. The van der Waals surface area contributed by atoms with Crippen LogP contribution in [-0.4, -0.2) is 24.3 Å². The number of nitrogens with one attached hydrogen (secondary N) is 1. The molecular formula is C17H22N2O4. The summed E-state index contributed by atoms with van der Waals surface area (Å²) in [7, 11) is 1.59. The normalized spacial score (nSPS) is 12.1. The molecule has 6 heteroatoms. The average molecular weight is 318 g/mol. The number of benzene rings is 1. The molecule has 124 valence electrons. The van der Waals surface area contributed by atoms with Gasteiger partial charge in [0.1, 0.15) is 5.76 Å². The number of carbonyl (C=O) groups is 1. The molecule has 0 aliphatic carbocycles. The van der Waals surface area contributed by atoms with Crippen LogP contribution in [0, 0.1) is 6.92 Å². The van der Waals surface area contributed by atoms with Crippen molar-refractivity contribution in [3.05, 3.63) is 41.3 Å². The SMILES string of the molecule is COc1cc(C(C)NC(=O)c2cc(C)on2)ccc1OC(C)C. The molecule has 23 heavy (non-hydrogen) atoms. The molecule has 0 saturated heterocycles. The molecule has 1 heterocycles. The van der Waals surface area contributed by atoms with Gasteiger partial charge >= 0.3 is 0 Å². The summed E-state index contributed by atoms with van der Waals surface area (Å²) in [6.45, 7) is 7.54. The topological polar surface area (TPSA) is 73.6 Å². The second-order valence-corrected chi connectivity index (χ2v) is 5.59. The van der Waals surface area contributed by atoms with Gasteiger partial charge in [0.2, 0.25) is 0 Å². The van der Waals surface area contributed by atoms with E-state index < -0.39 is 0 Å². The maximum absolute atomic E-state index is 12.1. The first-order valence-corrected chi connectivity index (χ1v) is 7.49. The maximum Gasteiger partial charge on any atom is 0.273 e. The predicted octanol–water partition coefficient (Wildman–Crippen LogP) is 3.27. The van der Waals surface area contributed by atoms with Crippen LogP contribution in [0.3, 0.4) is 0 Å². The van der Waals surface area contributed by atoms with E-state index in [0.29, 0.717) is 17.3 Å². The lowest BCUT2D eigenvalue weighted by molar-refractivity contribution is 0.0930. The molecule has 0 aliphatic heterocycles. The van der Waals surface area contributed by atoms with Gasteiger partial charge in [-0.05, 0) is 45.4 Å². The summed E-state index contributed by atoms with van der Waals surface area (Å²) in [6.07, 6.45) is 0.0577. The van der Waals surface area contributed by atoms with Crippen LogP contribution in [0.1, 0.15) is 48.6 Å². The fraction of sp³-hybridized carbons (Fsp3) is 0.412. The smallest absolute Gasteiger partial charge is 0.273 e. The van der Waals surface area contributed by atoms with E-state index in [1.165, 1.54) is 0 Å². The van der Waals surface area contributed by atoms with Crippen molar-refractivity contribution in [2.24, 2.45) is 0 Å². The number of hydrogen-bond donors (Lipinski definition) is 1. The number of aryl methyl sites for hydroxylation is 1. The molecule has 2 rings (SSSR count). The third-order valence-electron chi connectivity index (χ3n) is 3.26. The van der Waals surface area contributed by atoms with Crippen LogP contribution in [0.4, 0.5) is 0 Å². The Labute approximate surface area is 135 Å². The van der Waals surface area contributed by atoms with Gasteiger partial charge in [-0.3, -0.25) is 4.79 Å². The number of nitrogens with zero attached hydrogens (tertiary/aromatic N) is 1. The van der Waals surface area contributed by atoms with Crippen LogP contribution in [0.2, 0.25) is 0 Å². The average Bonchev–Trinajstić information content (AvgIpc) is 2.93. The van der Waals surface area contributed by atoms with E-state index in [-0.39, 0.29) is 23.7 Å². The van der Waals surface area contributed by atoms with Crippen molar-refractivity contribution >= 4 is 5.91 Å². The molecule has 6 nitrogen and oxygen atoms in total. The molecule has 0 spiro atoms. The molecule has 2 aromatic rings. The Bertz CT molecular complexity index is 679. The first-order valence-electron chi connectivity index (χ1n) is 7.49. The second kappa shape index (κ2) is 7.17. The maximum atomic E-state index is 12.1. The van der Waals surface area contributed by atoms with Crippen molar-refractivity contribution in [1.82, 2.24) is 10.5 Å². The highest BCUT2D eigenvalue weighted by atomic mass is 16.5. The molecule has 0 bridgehead atoms. The summed E-state index contributed by atoms with van der Waals surface area (Å²) in [5.74, 6) is 1.63. The summed E-state index contributed by atoms with van der Waals surface area (Å²) >= 11 is 0. The molecule has 0 saturated carbocycles. The van der Waals surface area contributed by atoms with Crippen LogP contribution in [0.25, 0.3) is 0 Å². The standard InChI is InChI=1S/C17H22N2O4/c1-10(2)22-15-7-6-13(9-16(15)21-5)12(4)18-17(20)14-8-11(3)23-19-14/h6-10,12H,1-5H3,(H,18,20). The first-order chi connectivity index (χ1) is 10.9. The number of amides is 1. The predicted molar refractivity (Wildman–Crippen MR) is 85.9 cm³/mol. The minimum absolute atomic E-state index is 0.0577. The Morgan fingerprint density at radius 3 is 2.52 bits per heavy atom. The Kier molecular flexibility index (Phi) is 5.26. The lowest BCUT2D eigenvalue weighted by Crippen LogP contribution is -2.26. The van der Waals surface area contributed by atoms with Crippen molar-refractivity contribution in [3.63, 3.8) is 0 Å². The highest BCUT2D eigenvalue weighted by Gasteiger charge is 2.16. The van der Waals surface area contributed by atoms with Crippen molar-refractivity contribution in [2.75, 3.05) is 7.11 Å². The monoisotopic (exact) mass is 318 g/mol. The van der Waals surface area contributed by atoms with Crippen molar-refractivity contribution in [3.8, 4) is 11.5 Å². The van der Waals surface area contributed by atoms with Crippen LogP contribution >= 0.6 is 0 Å². The molecule has 1 amide bonds. The Morgan fingerprint density at radius 2 is 1.96 bits per heavy atom. The van der Waals surface area contributed by atoms with Gasteiger partial charge in [0.05, 0.1) is 19.3 Å². The van der Waals surface area contributed by atoms with Crippen molar-refractivity contribution in [2.45, 2.75) is 39.8 Å². The minimum atomic E-state index is -0.282. The Hall–Kier alpha value is -2.50. The second-order valence-electron chi connectivity index (χ2n) is 5.59. The van der Waals surface area contributed by atoms with Gasteiger partial charge in [-0.25, -0.2) is 0 Å². The quantitative estimate of drug-likeness (QED) is 0.885. The van der Waals surface area contributed by atoms with Gasteiger partial charge < -0.3 is 19.3 Å². The van der Waals surface area contributed by atoms with Gasteiger partial charge in [0, 0.05) is 6.07 Å². The van der Waals surface area contributed by atoms with Crippen LogP contribution < -0.4 is 14.8 Å². The van der Waals surface area contributed by atoms with E-state index >= 15 is 0 Å². The van der Waals surface area contributed by atoms with Crippen LogP contribution in [0.5, 0.6) is 11.5 Å².